The summed E-state index contributed by atoms with van der Waals surface area (Å²) in [6, 6.07) is 7.28. The van der Waals surface area contributed by atoms with Gasteiger partial charge in [-0.15, -0.1) is 0 Å². The van der Waals surface area contributed by atoms with Gasteiger partial charge in [0.15, 0.2) is 0 Å². The van der Waals surface area contributed by atoms with Gasteiger partial charge in [-0.1, -0.05) is 25.3 Å². The van der Waals surface area contributed by atoms with Crippen LogP contribution in [-0.4, -0.2) is 29.3 Å². The summed E-state index contributed by atoms with van der Waals surface area (Å²) < 4.78 is 5.90. The third-order valence-electron chi connectivity index (χ3n) is 4.05. The molecule has 2 aromatic rings. The molecule has 3 rings (SSSR count). The molecule has 1 aliphatic carbocycles. The zero-order valence-electron chi connectivity index (χ0n) is 12.2. The molecule has 0 bridgehead atoms. The Balaban J connectivity index is 1.56. The number of hydrogen-bond donors (Lipinski definition) is 2. The molecule has 2 N–H and O–H groups in total. The summed E-state index contributed by atoms with van der Waals surface area (Å²) in [5.41, 5.74) is 0. The lowest BCUT2D eigenvalue weighted by Gasteiger charge is -2.22. The van der Waals surface area contributed by atoms with E-state index in [2.05, 4.69) is 10.3 Å². The standard InChI is InChI=1S/C17H22N2O2/c20-14-7-6-13-8-9-18-17(16(13)12-14)19-10-11-21-15-4-2-1-3-5-15/h6-9,12,15,20H,1-5,10-11H2,(H,18,19). The number of aromatic hydroxyl groups is 1. The number of nitrogens with one attached hydrogen (secondary N) is 1. The largest absolute Gasteiger partial charge is 0.508 e. The number of phenols is 1. The van der Waals surface area contributed by atoms with Crippen molar-refractivity contribution in [2.24, 2.45) is 0 Å². The molecule has 1 aromatic carbocycles. The van der Waals surface area contributed by atoms with E-state index in [0.29, 0.717) is 12.7 Å². The highest BCUT2D eigenvalue weighted by Crippen LogP contribution is 2.25. The molecule has 1 aliphatic rings. The number of pyridine rings is 1. The first-order valence-electron chi connectivity index (χ1n) is 7.76. The lowest BCUT2D eigenvalue weighted by atomic mass is 9.98. The second kappa shape index (κ2) is 6.76. The van der Waals surface area contributed by atoms with Crippen LogP contribution in [0.25, 0.3) is 10.8 Å². The molecule has 1 heterocycles. The lowest BCUT2D eigenvalue weighted by molar-refractivity contribution is 0.0347. The molecule has 21 heavy (non-hydrogen) atoms. The highest BCUT2D eigenvalue weighted by molar-refractivity contribution is 5.92. The lowest BCUT2D eigenvalue weighted by Crippen LogP contribution is -2.20. The van der Waals surface area contributed by atoms with Crippen molar-refractivity contribution in [3.63, 3.8) is 0 Å². The summed E-state index contributed by atoms with van der Waals surface area (Å²) in [4.78, 5) is 4.35. The highest BCUT2D eigenvalue weighted by Gasteiger charge is 2.13. The average Bonchev–Trinajstić information content (AvgIpc) is 2.53. The average molecular weight is 286 g/mol. The van der Waals surface area contributed by atoms with Crippen LogP contribution in [0.15, 0.2) is 30.5 Å². The molecule has 112 valence electrons. The van der Waals surface area contributed by atoms with Crippen LogP contribution in [0.5, 0.6) is 5.75 Å². The van der Waals surface area contributed by atoms with Crippen molar-refractivity contribution in [2.75, 3.05) is 18.5 Å². The van der Waals surface area contributed by atoms with Crippen LogP contribution in [0.2, 0.25) is 0 Å². The van der Waals surface area contributed by atoms with Crippen molar-refractivity contribution < 1.29 is 9.84 Å². The van der Waals surface area contributed by atoms with E-state index in [-0.39, 0.29) is 5.75 Å². The van der Waals surface area contributed by atoms with Crippen molar-refractivity contribution in [2.45, 2.75) is 38.2 Å². The topological polar surface area (TPSA) is 54.4 Å². The van der Waals surface area contributed by atoms with Crippen LogP contribution in [0.1, 0.15) is 32.1 Å². The molecule has 0 atom stereocenters. The normalized spacial score (nSPS) is 16.2. The first kappa shape index (κ1) is 14.1. The SMILES string of the molecule is Oc1ccc2ccnc(NCCOC3CCCCC3)c2c1. The molecule has 0 unspecified atom stereocenters. The van der Waals surface area contributed by atoms with Crippen LogP contribution in [0.4, 0.5) is 5.82 Å². The van der Waals surface area contributed by atoms with Gasteiger partial charge in [0.1, 0.15) is 11.6 Å². The quantitative estimate of drug-likeness (QED) is 0.823. The summed E-state index contributed by atoms with van der Waals surface area (Å²) in [6.07, 6.45) is 8.54. The Kier molecular flexibility index (Phi) is 4.55. The summed E-state index contributed by atoms with van der Waals surface area (Å²) in [6.45, 7) is 1.43. The molecule has 0 radical (unpaired) electrons. The van der Waals surface area contributed by atoms with Crippen molar-refractivity contribution in [3.8, 4) is 5.75 Å². The van der Waals surface area contributed by atoms with Gasteiger partial charge < -0.3 is 15.2 Å². The van der Waals surface area contributed by atoms with E-state index in [9.17, 15) is 5.11 Å². The van der Waals surface area contributed by atoms with E-state index in [1.165, 1.54) is 32.1 Å². The predicted octanol–water partition coefficient (Wildman–Crippen LogP) is 3.70. The molecule has 0 saturated heterocycles. The van der Waals surface area contributed by atoms with Gasteiger partial charge in [-0.2, -0.15) is 0 Å². The van der Waals surface area contributed by atoms with Crippen molar-refractivity contribution in [3.05, 3.63) is 30.5 Å². The van der Waals surface area contributed by atoms with Crippen LogP contribution in [0, 0.1) is 0 Å². The second-order valence-corrected chi connectivity index (χ2v) is 5.62. The number of phenolic OH excluding ortho intramolecular Hbond substituents is 1. The van der Waals surface area contributed by atoms with Gasteiger partial charge in [0, 0.05) is 18.1 Å². The van der Waals surface area contributed by atoms with Gasteiger partial charge in [0.2, 0.25) is 0 Å². The maximum absolute atomic E-state index is 9.62. The van der Waals surface area contributed by atoms with Gasteiger partial charge in [-0.05, 0) is 36.4 Å². The summed E-state index contributed by atoms with van der Waals surface area (Å²) >= 11 is 0. The zero-order valence-corrected chi connectivity index (χ0v) is 12.2. The Hall–Kier alpha value is -1.81. The molecule has 1 saturated carbocycles. The highest BCUT2D eigenvalue weighted by atomic mass is 16.5. The van der Waals surface area contributed by atoms with Gasteiger partial charge in [0.05, 0.1) is 12.7 Å². The number of benzene rings is 1. The Morgan fingerprint density at radius 2 is 2.05 bits per heavy atom. The minimum absolute atomic E-state index is 0.261. The smallest absolute Gasteiger partial charge is 0.134 e. The fourth-order valence-corrected chi connectivity index (χ4v) is 2.92. The number of anilines is 1. The maximum atomic E-state index is 9.62. The minimum atomic E-state index is 0.261. The van der Waals surface area contributed by atoms with Gasteiger partial charge in [-0.3, -0.25) is 0 Å². The monoisotopic (exact) mass is 286 g/mol. The van der Waals surface area contributed by atoms with Crippen LogP contribution in [-0.2, 0) is 4.74 Å². The number of rotatable bonds is 5. The van der Waals surface area contributed by atoms with E-state index in [0.717, 1.165) is 23.1 Å². The Morgan fingerprint density at radius 3 is 2.90 bits per heavy atom. The van der Waals surface area contributed by atoms with Crippen molar-refractivity contribution >= 4 is 16.6 Å². The number of fused-ring (bicyclic) bond motifs is 1. The number of aromatic nitrogens is 1. The molecule has 4 heteroatoms. The van der Waals surface area contributed by atoms with Gasteiger partial charge >= 0.3 is 0 Å². The number of nitrogens with zero attached hydrogens (tertiary/aromatic N) is 1. The Bertz CT molecular complexity index is 594. The molecule has 4 nitrogen and oxygen atoms in total. The van der Waals surface area contributed by atoms with Crippen LogP contribution >= 0.6 is 0 Å². The van der Waals surface area contributed by atoms with E-state index in [1.54, 1.807) is 18.3 Å². The number of ether oxygens (including phenoxy) is 1. The Morgan fingerprint density at radius 1 is 1.19 bits per heavy atom. The van der Waals surface area contributed by atoms with E-state index in [4.69, 9.17) is 4.74 Å². The summed E-state index contributed by atoms with van der Waals surface area (Å²) in [5, 5.41) is 14.9. The van der Waals surface area contributed by atoms with Crippen molar-refractivity contribution in [1.29, 1.82) is 0 Å². The van der Waals surface area contributed by atoms with Gasteiger partial charge in [-0.25, -0.2) is 4.98 Å². The van der Waals surface area contributed by atoms with Crippen LogP contribution < -0.4 is 5.32 Å². The molecule has 0 aliphatic heterocycles. The number of hydrogen-bond acceptors (Lipinski definition) is 4. The molecule has 0 amide bonds. The molecule has 1 aromatic heterocycles. The summed E-state index contributed by atoms with van der Waals surface area (Å²) in [7, 11) is 0. The fourth-order valence-electron chi connectivity index (χ4n) is 2.92. The molecule has 1 fully saturated rings. The Labute approximate surface area is 125 Å². The zero-order chi connectivity index (χ0) is 14.5. The molecular formula is C17H22N2O2. The van der Waals surface area contributed by atoms with E-state index >= 15 is 0 Å². The summed E-state index contributed by atoms with van der Waals surface area (Å²) in [5.74, 6) is 1.06. The minimum Gasteiger partial charge on any atom is -0.508 e. The van der Waals surface area contributed by atoms with E-state index < -0.39 is 0 Å². The van der Waals surface area contributed by atoms with Gasteiger partial charge in [0.25, 0.3) is 0 Å². The van der Waals surface area contributed by atoms with Crippen molar-refractivity contribution in [1.82, 2.24) is 4.98 Å². The molecule has 0 spiro atoms. The molecular weight excluding hydrogens is 264 g/mol. The second-order valence-electron chi connectivity index (χ2n) is 5.62. The first-order valence-corrected chi connectivity index (χ1v) is 7.76. The van der Waals surface area contributed by atoms with Crippen LogP contribution in [0.3, 0.4) is 0 Å². The third kappa shape index (κ3) is 3.64. The maximum Gasteiger partial charge on any atom is 0.134 e. The third-order valence-corrected chi connectivity index (χ3v) is 4.05. The van der Waals surface area contributed by atoms with E-state index in [1.807, 2.05) is 12.1 Å². The predicted molar refractivity (Wildman–Crippen MR) is 84.7 cm³/mol. The first-order chi connectivity index (χ1) is 10.3. The fraction of sp³-hybridized carbons (Fsp3) is 0.471.